The molecule has 4 aromatic heterocycles. The fraction of sp³-hybridized carbons (Fsp3) is 0.621. The lowest BCUT2D eigenvalue weighted by atomic mass is 9.95. The molecule has 16 nitrogen and oxygen atoms in total. The van der Waals surface area contributed by atoms with Gasteiger partial charge in [0.2, 0.25) is 11.9 Å². The Morgan fingerprint density at radius 2 is 1.48 bits per heavy atom. The molecule has 1 unspecified atom stereocenters. The van der Waals surface area contributed by atoms with Gasteiger partial charge in [-0.05, 0) is 49.4 Å². The number of anilines is 1. The number of rotatable bonds is 4. The van der Waals surface area contributed by atoms with Gasteiger partial charge in [0.25, 0.3) is 5.56 Å². The minimum atomic E-state index is -0.434. The number of imidazole rings is 2. The fourth-order valence-corrected chi connectivity index (χ4v) is 7.70. The predicted molar refractivity (Wildman–Crippen MR) is 168 cm³/mol. The normalized spacial score (nSPS) is 33.5. The van der Waals surface area contributed by atoms with Crippen LogP contribution in [0, 0.1) is 23.7 Å². The largest absolute Gasteiger partial charge is 0.390 e. The summed E-state index contributed by atoms with van der Waals surface area (Å²) in [6.45, 7) is 4.30. The molecule has 4 aliphatic rings. The predicted octanol–water partition coefficient (Wildman–Crippen LogP) is 2.01. The highest BCUT2D eigenvalue weighted by Gasteiger charge is 2.49. The van der Waals surface area contributed by atoms with Gasteiger partial charge >= 0.3 is 0 Å². The molecule has 0 radical (unpaired) electrons. The van der Waals surface area contributed by atoms with Gasteiger partial charge in [0.15, 0.2) is 22.0 Å². The molecule has 0 aromatic carbocycles. The second kappa shape index (κ2) is 11.8. The topological polar surface area (TPSA) is 208 Å². The number of nitrogen functional groups attached to an aromatic ring is 1. The molecule has 46 heavy (non-hydrogen) atoms. The number of aromatic nitrogens is 8. The van der Waals surface area contributed by atoms with E-state index in [9.17, 15) is 15.0 Å². The summed E-state index contributed by atoms with van der Waals surface area (Å²) in [6.07, 6.45) is 6.39. The lowest BCUT2D eigenvalue weighted by molar-refractivity contribution is -0.0525. The van der Waals surface area contributed by atoms with Gasteiger partial charge in [0, 0.05) is 14.1 Å². The molecule has 2 aliphatic heterocycles. The Balaban J connectivity index is 0.000000149. The maximum atomic E-state index is 12.2. The number of nitrogens with two attached hydrogens (primary N) is 1. The molecule has 246 valence electrons. The standard InChI is InChI=1S/C16H22N6O3.C13H16ClN5O2/c1-8-4-10(23)13-9(8)5-11(25-13)22-7-17-12-14(22)19-16(20-15(12)24)18-6-21(2)3;1-5-2-7(20)10-6(5)3-8(21-10)19-4-16-9-11(14)17-13(15)18-12(9)19/h6-11,13,23H,4-5H2,1-3H3,(H,19,20,24);4-8,10,20H,2-3H2,1H3,(H2,15,17,18)/t8-,9+,10-,11-,13+;5-,6+,7-,8?,10+/m11/s1. The van der Waals surface area contributed by atoms with Crippen molar-refractivity contribution in [3.05, 3.63) is 28.2 Å². The average molecular weight is 656 g/mol. The SMILES string of the molecule is C[C@@H]1C[C@@H](O)[C@H]2OC(n3cnc4c(Cl)nc(N)nc43)C[C@H]21.C[C@@H]1C[C@@H](O)[C@H]2O[C@@H](n3cnc4c(=O)[nH]c(N=CN(C)C)nc43)C[C@H]21. The van der Waals surface area contributed by atoms with E-state index >= 15 is 0 Å². The lowest BCUT2D eigenvalue weighted by Crippen LogP contribution is -2.23. The van der Waals surface area contributed by atoms with E-state index < -0.39 is 12.2 Å². The van der Waals surface area contributed by atoms with E-state index in [1.807, 2.05) is 18.7 Å². The van der Waals surface area contributed by atoms with E-state index in [0.717, 1.165) is 25.7 Å². The van der Waals surface area contributed by atoms with Crippen LogP contribution < -0.4 is 11.3 Å². The Morgan fingerprint density at radius 1 is 0.935 bits per heavy atom. The van der Waals surface area contributed by atoms with E-state index in [4.69, 9.17) is 26.8 Å². The number of aliphatic imine (C=N–C) groups is 1. The molecule has 2 aliphatic carbocycles. The van der Waals surface area contributed by atoms with Crippen LogP contribution >= 0.6 is 11.6 Å². The second-order valence-corrected chi connectivity index (χ2v) is 13.4. The first kappa shape index (κ1) is 30.9. The van der Waals surface area contributed by atoms with Crippen LogP contribution in [-0.4, -0.2) is 99.0 Å². The van der Waals surface area contributed by atoms with Crippen LogP contribution in [0.2, 0.25) is 5.15 Å². The molecule has 4 fully saturated rings. The molecule has 6 heterocycles. The van der Waals surface area contributed by atoms with Crippen molar-refractivity contribution in [3.63, 3.8) is 0 Å². The Morgan fingerprint density at radius 3 is 2.02 bits per heavy atom. The number of ether oxygens (including phenoxy) is 2. The molecule has 0 bridgehead atoms. The van der Waals surface area contributed by atoms with Crippen LogP contribution in [0.15, 0.2) is 22.4 Å². The number of nitrogens with zero attached hydrogens (tertiary/aromatic N) is 9. The van der Waals surface area contributed by atoms with Crippen LogP contribution in [0.25, 0.3) is 22.3 Å². The van der Waals surface area contributed by atoms with Crippen LogP contribution in [0.1, 0.15) is 52.0 Å². The molecular weight excluding hydrogens is 618 g/mol. The van der Waals surface area contributed by atoms with Gasteiger partial charge in [0.05, 0.1) is 43.4 Å². The monoisotopic (exact) mass is 655 g/mol. The zero-order valence-electron chi connectivity index (χ0n) is 25.9. The summed E-state index contributed by atoms with van der Waals surface area (Å²) in [7, 11) is 3.67. The third-order valence-corrected chi connectivity index (χ3v) is 9.98. The van der Waals surface area contributed by atoms with Crippen LogP contribution in [-0.2, 0) is 9.47 Å². The first-order valence-electron chi connectivity index (χ1n) is 15.5. The van der Waals surface area contributed by atoms with E-state index in [1.54, 1.807) is 28.5 Å². The molecule has 2 saturated heterocycles. The van der Waals surface area contributed by atoms with Crippen LogP contribution in [0.4, 0.5) is 11.9 Å². The average Bonchev–Trinajstić information content (AvgIpc) is 3.82. The summed E-state index contributed by atoms with van der Waals surface area (Å²) >= 11 is 6.04. The summed E-state index contributed by atoms with van der Waals surface area (Å²) in [5.74, 6) is 1.87. The highest BCUT2D eigenvalue weighted by Crippen LogP contribution is 2.48. The van der Waals surface area contributed by atoms with Crippen molar-refractivity contribution in [2.75, 3.05) is 19.8 Å². The summed E-state index contributed by atoms with van der Waals surface area (Å²) in [5.41, 5.74) is 7.12. The van der Waals surface area contributed by atoms with Crippen LogP contribution in [0.5, 0.6) is 0 Å². The van der Waals surface area contributed by atoms with Gasteiger partial charge in [-0.2, -0.15) is 15.0 Å². The number of aliphatic hydroxyl groups is 2. The van der Waals surface area contributed by atoms with Crippen molar-refractivity contribution in [1.82, 2.24) is 43.9 Å². The van der Waals surface area contributed by atoms with E-state index in [-0.39, 0.29) is 52.8 Å². The minimum absolute atomic E-state index is 0.112. The van der Waals surface area contributed by atoms with Gasteiger partial charge < -0.3 is 30.3 Å². The molecule has 8 rings (SSSR count). The van der Waals surface area contributed by atoms with E-state index in [1.165, 1.54) is 0 Å². The highest BCUT2D eigenvalue weighted by atomic mass is 35.5. The van der Waals surface area contributed by atoms with Crippen molar-refractivity contribution in [1.29, 1.82) is 0 Å². The maximum absolute atomic E-state index is 12.2. The summed E-state index contributed by atoms with van der Waals surface area (Å²) in [6, 6.07) is 0. The zero-order valence-corrected chi connectivity index (χ0v) is 26.7. The van der Waals surface area contributed by atoms with Crippen molar-refractivity contribution in [2.45, 2.75) is 76.4 Å². The van der Waals surface area contributed by atoms with Gasteiger partial charge in [-0.1, -0.05) is 25.4 Å². The second-order valence-electron chi connectivity index (χ2n) is 13.1. The third kappa shape index (κ3) is 5.41. The van der Waals surface area contributed by atoms with Crippen molar-refractivity contribution in [2.24, 2.45) is 28.7 Å². The van der Waals surface area contributed by atoms with Gasteiger partial charge in [-0.3, -0.25) is 18.9 Å². The number of hydrogen-bond acceptors (Lipinski definition) is 12. The number of aliphatic hydroxyl groups excluding tert-OH is 2. The molecule has 5 N–H and O–H groups in total. The van der Waals surface area contributed by atoms with Gasteiger partial charge in [0.1, 0.15) is 18.0 Å². The molecule has 4 aromatic rings. The van der Waals surface area contributed by atoms with Crippen molar-refractivity contribution >= 4 is 52.2 Å². The summed E-state index contributed by atoms with van der Waals surface area (Å²) in [5, 5.41) is 20.5. The maximum Gasteiger partial charge on any atom is 0.280 e. The molecular formula is C29H38ClN11O5. The van der Waals surface area contributed by atoms with Crippen molar-refractivity contribution in [3.8, 4) is 0 Å². The Bertz CT molecular complexity index is 1810. The van der Waals surface area contributed by atoms with Gasteiger partial charge in [-0.25, -0.2) is 15.0 Å². The number of aromatic amines is 1. The molecule has 10 atom stereocenters. The van der Waals surface area contributed by atoms with E-state index in [2.05, 4.69) is 48.7 Å². The molecule has 0 amide bonds. The number of hydrogen-bond donors (Lipinski definition) is 4. The number of H-pyrrole nitrogens is 1. The molecule has 17 heteroatoms. The third-order valence-electron chi connectivity index (χ3n) is 9.71. The molecule has 2 saturated carbocycles. The first-order valence-corrected chi connectivity index (χ1v) is 15.9. The highest BCUT2D eigenvalue weighted by molar-refractivity contribution is 6.33. The Labute approximate surface area is 268 Å². The first-order chi connectivity index (χ1) is 22.0. The number of nitrogens with one attached hydrogen (secondary N) is 1. The quantitative estimate of drug-likeness (QED) is 0.141. The molecule has 0 spiro atoms. The summed E-state index contributed by atoms with van der Waals surface area (Å²) in [4.78, 5) is 41.7. The number of fused-ring (bicyclic) bond motifs is 4. The van der Waals surface area contributed by atoms with Crippen LogP contribution in [0.3, 0.4) is 0 Å². The minimum Gasteiger partial charge on any atom is -0.390 e. The lowest BCUT2D eigenvalue weighted by Gasteiger charge is -2.17. The zero-order chi connectivity index (χ0) is 32.4. The number of halogens is 1. The van der Waals surface area contributed by atoms with Gasteiger partial charge in [-0.15, -0.1) is 0 Å². The summed E-state index contributed by atoms with van der Waals surface area (Å²) < 4.78 is 15.7. The van der Waals surface area contributed by atoms with Crippen molar-refractivity contribution < 1.29 is 19.7 Å². The Hall–Kier alpha value is -3.70. The fourth-order valence-electron chi connectivity index (χ4n) is 7.48. The van der Waals surface area contributed by atoms with E-state index in [0.29, 0.717) is 40.5 Å². The Kier molecular flexibility index (Phi) is 7.95. The smallest absolute Gasteiger partial charge is 0.280 e.